The van der Waals surface area contributed by atoms with Gasteiger partial charge in [-0.1, -0.05) is 0 Å². The maximum Gasteiger partial charge on any atom is 0.269 e. The first kappa shape index (κ1) is 12.1. The molecule has 0 aliphatic heterocycles. The highest BCUT2D eigenvalue weighted by Crippen LogP contribution is 2.14. The molecule has 0 atom stereocenters. The van der Waals surface area contributed by atoms with Gasteiger partial charge in [0.2, 0.25) is 6.33 Å². The predicted molar refractivity (Wildman–Crippen MR) is 67.2 cm³/mol. The normalized spacial score (nSPS) is 10.3. The molecule has 0 amide bonds. The maximum atomic E-state index is 10.5. The zero-order valence-corrected chi connectivity index (χ0v) is 10.1. The number of nitro groups is 1. The quantitative estimate of drug-likeness (QED) is 0.492. The van der Waals surface area contributed by atoms with Gasteiger partial charge in [0, 0.05) is 17.8 Å². The Morgan fingerprint density at radius 1 is 1.39 bits per heavy atom. The van der Waals surface area contributed by atoms with E-state index in [1.54, 1.807) is 12.1 Å². The number of nitro benzene ring substituents is 1. The molecule has 2 aromatic rings. The summed E-state index contributed by atoms with van der Waals surface area (Å²) < 4.78 is 4.05. The molecule has 6 heteroatoms. The molecule has 0 spiro atoms. The number of nitrogens with zero attached hydrogens (tertiary/aromatic N) is 3. The van der Waals surface area contributed by atoms with Gasteiger partial charge in [-0.05, 0) is 12.1 Å². The third kappa shape index (κ3) is 3.07. The van der Waals surface area contributed by atoms with Crippen LogP contribution in [0.5, 0.6) is 0 Å². The molecule has 0 unspecified atom stereocenters. The van der Waals surface area contributed by atoms with Crippen LogP contribution in [0.4, 0.5) is 11.4 Å². The van der Waals surface area contributed by atoms with Crippen molar-refractivity contribution in [2.24, 2.45) is 7.05 Å². The minimum absolute atomic E-state index is 0.109. The highest BCUT2D eigenvalue weighted by molar-refractivity contribution is 5.48. The van der Waals surface area contributed by atoms with E-state index in [1.165, 1.54) is 12.1 Å². The Hall–Kier alpha value is -2.37. The van der Waals surface area contributed by atoms with Crippen LogP contribution in [-0.2, 0) is 13.6 Å². The molecule has 0 bridgehead atoms. The lowest BCUT2D eigenvalue weighted by atomic mass is 10.3. The highest BCUT2D eigenvalue weighted by Gasteiger charge is 2.04. The second kappa shape index (κ2) is 5.31. The van der Waals surface area contributed by atoms with Gasteiger partial charge < -0.3 is 5.32 Å². The molecular formula is C12H15N4O2+. The lowest BCUT2D eigenvalue weighted by molar-refractivity contribution is -0.671. The van der Waals surface area contributed by atoms with Crippen molar-refractivity contribution in [3.63, 3.8) is 0 Å². The Morgan fingerprint density at radius 2 is 2.11 bits per heavy atom. The molecule has 0 saturated heterocycles. The van der Waals surface area contributed by atoms with E-state index in [4.69, 9.17) is 0 Å². The molecule has 0 aliphatic rings. The van der Waals surface area contributed by atoms with E-state index < -0.39 is 4.92 Å². The van der Waals surface area contributed by atoms with Gasteiger partial charge in [-0.25, -0.2) is 9.13 Å². The van der Waals surface area contributed by atoms with Crippen LogP contribution in [0, 0.1) is 10.1 Å². The number of aryl methyl sites for hydroxylation is 1. The standard InChI is InChI=1S/C12H15N4O2/c1-14-8-9-15(10-14)7-6-13-11-2-4-12(5-3-11)16(17)18/h2-5,8-10,13H,6-7H2,1H3/q+1. The molecule has 0 radical (unpaired) electrons. The zero-order chi connectivity index (χ0) is 13.0. The van der Waals surface area contributed by atoms with Crippen LogP contribution in [0.25, 0.3) is 0 Å². The van der Waals surface area contributed by atoms with E-state index in [2.05, 4.69) is 9.88 Å². The Balaban J connectivity index is 1.85. The summed E-state index contributed by atoms with van der Waals surface area (Å²) in [6.07, 6.45) is 5.97. The van der Waals surface area contributed by atoms with Crippen LogP contribution in [0.2, 0.25) is 0 Å². The number of aromatic nitrogens is 2. The van der Waals surface area contributed by atoms with Crippen molar-refractivity contribution in [3.8, 4) is 0 Å². The topological polar surface area (TPSA) is 64.0 Å². The molecule has 1 heterocycles. The van der Waals surface area contributed by atoms with Crippen molar-refractivity contribution in [3.05, 3.63) is 53.1 Å². The van der Waals surface area contributed by atoms with Gasteiger partial charge in [0.1, 0.15) is 18.9 Å². The first-order valence-corrected chi connectivity index (χ1v) is 5.64. The minimum atomic E-state index is -0.399. The van der Waals surface area contributed by atoms with E-state index in [9.17, 15) is 10.1 Å². The Kier molecular flexibility index (Phi) is 3.57. The summed E-state index contributed by atoms with van der Waals surface area (Å²) in [4.78, 5) is 10.1. The van der Waals surface area contributed by atoms with Crippen molar-refractivity contribution in [2.45, 2.75) is 6.54 Å². The van der Waals surface area contributed by atoms with E-state index in [0.717, 1.165) is 18.8 Å². The summed E-state index contributed by atoms with van der Waals surface area (Å²) in [6.45, 7) is 1.62. The summed E-state index contributed by atoms with van der Waals surface area (Å²) in [5.41, 5.74) is 0.995. The lowest BCUT2D eigenvalue weighted by Crippen LogP contribution is -2.24. The molecule has 0 saturated carbocycles. The molecule has 0 fully saturated rings. The predicted octanol–water partition coefficient (Wildman–Crippen LogP) is 1.33. The third-order valence-electron chi connectivity index (χ3n) is 2.60. The highest BCUT2D eigenvalue weighted by atomic mass is 16.6. The molecule has 6 nitrogen and oxygen atoms in total. The smallest absolute Gasteiger partial charge is 0.269 e. The van der Waals surface area contributed by atoms with E-state index in [0.29, 0.717) is 0 Å². The molecule has 2 rings (SSSR count). The van der Waals surface area contributed by atoms with Crippen molar-refractivity contribution >= 4 is 11.4 Å². The van der Waals surface area contributed by atoms with Gasteiger partial charge in [-0.15, -0.1) is 0 Å². The van der Waals surface area contributed by atoms with Crippen LogP contribution in [0.1, 0.15) is 0 Å². The monoisotopic (exact) mass is 247 g/mol. The molecule has 1 aromatic heterocycles. The molecule has 18 heavy (non-hydrogen) atoms. The van der Waals surface area contributed by atoms with Crippen molar-refractivity contribution in [2.75, 3.05) is 11.9 Å². The van der Waals surface area contributed by atoms with Crippen molar-refractivity contribution in [1.29, 1.82) is 0 Å². The van der Waals surface area contributed by atoms with E-state index in [-0.39, 0.29) is 5.69 Å². The van der Waals surface area contributed by atoms with Gasteiger partial charge >= 0.3 is 0 Å². The van der Waals surface area contributed by atoms with Gasteiger partial charge in [0.05, 0.1) is 18.5 Å². The largest absolute Gasteiger partial charge is 0.381 e. The maximum absolute atomic E-state index is 10.5. The molecule has 1 aromatic carbocycles. The summed E-state index contributed by atoms with van der Waals surface area (Å²) in [5.74, 6) is 0. The first-order valence-electron chi connectivity index (χ1n) is 5.64. The average Bonchev–Trinajstić information content (AvgIpc) is 2.76. The number of benzene rings is 1. The summed E-state index contributed by atoms with van der Waals surface area (Å²) in [5, 5.41) is 13.7. The van der Waals surface area contributed by atoms with Gasteiger partial charge in [0.15, 0.2) is 0 Å². The van der Waals surface area contributed by atoms with Crippen LogP contribution in [-0.4, -0.2) is 16.0 Å². The van der Waals surface area contributed by atoms with Crippen LogP contribution in [0.15, 0.2) is 43.0 Å². The fourth-order valence-corrected chi connectivity index (χ4v) is 1.66. The number of hydrogen-bond acceptors (Lipinski definition) is 3. The molecular weight excluding hydrogens is 232 g/mol. The SMILES string of the molecule is C[n+]1ccn(CCNc2ccc([N+](=O)[O-])cc2)c1. The second-order valence-corrected chi connectivity index (χ2v) is 4.05. The molecule has 1 N–H and O–H groups in total. The number of anilines is 1. The number of hydrogen-bond donors (Lipinski definition) is 1. The number of non-ortho nitro benzene ring substituents is 1. The summed E-state index contributed by atoms with van der Waals surface area (Å²) in [7, 11) is 1.97. The van der Waals surface area contributed by atoms with Gasteiger partial charge in [-0.3, -0.25) is 10.1 Å². The lowest BCUT2D eigenvalue weighted by Gasteiger charge is -2.03. The number of rotatable bonds is 5. The first-order chi connectivity index (χ1) is 8.65. The van der Waals surface area contributed by atoms with Crippen molar-refractivity contribution in [1.82, 2.24) is 4.57 Å². The molecule has 94 valence electrons. The van der Waals surface area contributed by atoms with Gasteiger partial charge in [-0.2, -0.15) is 0 Å². The fraction of sp³-hybridized carbons (Fsp3) is 0.250. The van der Waals surface area contributed by atoms with Crippen LogP contribution >= 0.6 is 0 Å². The van der Waals surface area contributed by atoms with Gasteiger partial charge in [0.25, 0.3) is 5.69 Å². The number of imidazole rings is 1. The average molecular weight is 247 g/mol. The van der Waals surface area contributed by atoms with Crippen LogP contribution in [0.3, 0.4) is 0 Å². The summed E-state index contributed by atoms with van der Waals surface area (Å²) in [6, 6.07) is 6.43. The molecule has 0 aliphatic carbocycles. The van der Waals surface area contributed by atoms with Crippen LogP contribution < -0.4 is 9.88 Å². The fourth-order valence-electron chi connectivity index (χ4n) is 1.66. The van der Waals surface area contributed by atoms with E-state index >= 15 is 0 Å². The Labute approximate surface area is 105 Å². The third-order valence-corrected chi connectivity index (χ3v) is 2.60. The Bertz CT molecular complexity index is 533. The summed E-state index contributed by atoms with van der Waals surface area (Å²) >= 11 is 0. The zero-order valence-electron chi connectivity index (χ0n) is 10.1. The second-order valence-electron chi connectivity index (χ2n) is 4.05. The Morgan fingerprint density at radius 3 is 2.67 bits per heavy atom. The number of nitrogens with one attached hydrogen (secondary N) is 1. The van der Waals surface area contributed by atoms with Crippen molar-refractivity contribution < 1.29 is 9.49 Å². The van der Waals surface area contributed by atoms with E-state index in [1.807, 2.05) is 30.3 Å². The minimum Gasteiger partial charge on any atom is -0.381 e.